The Labute approximate surface area is 118 Å². The van der Waals surface area contributed by atoms with Crippen LogP contribution >= 0.6 is 0 Å². The molecule has 2 unspecified atom stereocenters. The van der Waals surface area contributed by atoms with Gasteiger partial charge in [-0.05, 0) is 57.4 Å². The summed E-state index contributed by atoms with van der Waals surface area (Å²) < 4.78 is 5.66. The Bertz CT molecular complexity index is 345. The summed E-state index contributed by atoms with van der Waals surface area (Å²) in [5, 5.41) is 3.60. The highest BCUT2D eigenvalue weighted by Crippen LogP contribution is 2.19. The van der Waals surface area contributed by atoms with Crippen molar-refractivity contribution in [2.24, 2.45) is 5.92 Å². The number of ether oxygens (including phenoxy) is 1. The Hall–Kier alpha value is -1.02. The van der Waals surface area contributed by atoms with Crippen LogP contribution in [-0.2, 0) is 0 Å². The van der Waals surface area contributed by atoms with Crippen LogP contribution in [0.2, 0.25) is 0 Å². The van der Waals surface area contributed by atoms with Crippen molar-refractivity contribution in [1.82, 2.24) is 5.32 Å². The monoisotopic (exact) mass is 263 g/mol. The lowest BCUT2D eigenvalue weighted by molar-refractivity contribution is 0.242. The van der Waals surface area contributed by atoms with E-state index in [1.54, 1.807) is 0 Å². The molecular formula is C17H29NO. The quantitative estimate of drug-likeness (QED) is 0.742. The normalized spacial score (nSPS) is 14.4. The number of hydrogen-bond acceptors (Lipinski definition) is 2. The molecule has 1 rings (SSSR count). The molecule has 0 bridgehead atoms. The van der Waals surface area contributed by atoms with Crippen LogP contribution in [0, 0.1) is 5.92 Å². The van der Waals surface area contributed by atoms with E-state index in [2.05, 4.69) is 50.4 Å². The number of rotatable bonds is 8. The summed E-state index contributed by atoms with van der Waals surface area (Å²) >= 11 is 0. The van der Waals surface area contributed by atoms with Crippen LogP contribution in [0.4, 0.5) is 0 Å². The minimum absolute atomic E-state index is 0.233. The topological polar surface area (TPSA) is 21.3 Å². The van der Waals surface area contributed by atoms with Gasteiger partial charge >= 0.3 is 0 Å². The maximum atomic E-state index is 5.66. The van der Waals surface area contributed by atoms with Crippen molar-refractivity contribution in [2.75, 3.05) is 6.54 Å². The maximum absolute atomic E-state index is 5.66. The van der Waals surface area contributed by atoms with Gasteiger partial charge < -0.3 is 10.1 Å². The number of benzene rings is 1. The molecule has 0 aromatic heterocycles. The average molecular weight is 263 g/mol. The largest absolute Gasteiger partial charge is 0.491 e. The minimum Gasteiger partial charge on any atom is -0.491 e. The van der Waals surface area contributed by atoms with Crippen molar-refractivity contribution in [2.45, 2.75) is 59.6 Å². The first-order chi connectivity index (χ1) is 9.02. The molecule has 0 aliphatic rings. The highest BCUT2D eigenvalue weighted by atomic mass is 16.5. The molecule has 0 amide bonds. The van der Waals surface area contributed by atoms with E-state index in [9.17, 15) is 0 Å². The van der Waals surface area contributed by atoms with Gasteiger partial charge in [-0.1, -0.05) is 32.4 Å². The minimum atomic E-state index is 0.233. The van der Waals surface area contributed by atoms with Crippen molar-refractivity contribution in [3.63, 3.8) is 0 Å². The van der Waals surface area contributed by atoms with Gasteiger partial charge in [-0.2, -0.15) is 0 Å². The molecule has 2 heteroatoms. The zero-order chi connectivity index (χ0) is 14.3. The molecule has 2 atom stereocenters. The zero-order valence-electron chi connectivity index (χ0n) is 13.1. The van der Waals surface area contributed by atoms with E-state index in [1.165, 1.54) is 18.4 Å². The Morgan fingerprint density at radius 1 is 1.05 bits per heavy atom. The van der Waals surface area contributed by atoms with Crippen LogP contribution in [0.1, 0.15) is 59.1 Å². The summed E-state index contributed by atoms with van der Waals surface area (Å²) in [6.45, 7) is 12.0. The summed E-state index contributed by atoms with van der Waals surface area (Å²) in [4.78, 5) is 0. The summed E-state index contributed by atoms with van der Waals surface area (Å²) in [5.41, 5.74) is 1.32. The third-order valence-corrected chi connectivity index (χ3v) is 3.31. The lowest BCUT2D eigenvalue weighted by Crippen LogP contribution is -2.24. The molecule has 2 nitrogen and oxygen atoms in total. The van der Waals surface area contributed by atoms with Gasteiger partial charge in [-0.15, -0.1) is 0 Å². The van der Waals surface area contributed by atoms with E-state index in [0.717, 1.165) is 18.2 Å². The smallest absolute Gasteiger partial charge is 0.119 e. The second-order valence-corrected chi connectivity index (χ2v) is 5.76. The van der Waals surface area contributed by atoms with Crippen LogP contribution in [0.15, 0.2) is 24.3 Å². The van der Waals surface area contributed by atoms with Gasteiger partial charge in [0.25, 0.3) is 0 Å². The van der Waals surface area contributed by atoms with Crippen LogP contribution in [0.5, 0.6) is 5.75 Å². The molecule has 0 aliphatic heterocycles. The van der Waals surface area contributed by atoms with E-state index in [-0.39, 0.29) is 6.10 Å². The van der Waals surface area contributed by atoms with Gasteiger partial charge in [-0.25, -0.2) is 0 Å². The summed E-state index contributed by atoms with van der Waals surface area (Å²) in [6.07, 6.45) is 2.79. The Morgan fingerprint density at radius 2 is 1.68 bits per heavy atom. The fourth-order valence-corrected chi connectivity index (χ4v) is 2.20. The molecule has 1 N–H and O–H groups in total. The van der Waals surface area contributed by atoms with Crippen LogP contribution in [0.25, 0.3) is 0 Å². The molecule has 0 fully saturated rings. The highest BCUT2D eigenvalue weighted by molar-refractivity contribution is 5.29. The second-order valence-electron chi connectivity index (χ2n) is 5.76. The zero-order valence-corrected chi connectivity index (χ0v) is 13.1. The van der Waals surface area contributed by atoms with Crippen molar-refractivity contribution in [3.8, 4) is 5.75 Å². The van der Waals surface area contributed by atoms with E-state index >= 15 is 0 Å². The van der Waals surface area contributed by atoms with E-state index < -0.39 is 0 Å². The van der Waals surface area contributed by atoms with Gasteiger partial charge in [0.1, 0.15) is 5.75 Å². The summed E-state index contributed by atoms with van der Waals surface area (Å²) in [6, 6.07) is 8.82. The van der Waals surface area contributed by atoms with Crippen molar-refractivity contribution < 1.29 is 4.74 Å². The highest BCUT2D eigenvalue weighted by Gasteiger charge is 2.07. The molecule has 0 spiro atoms. The predicted molar refractivity (Wildman–Crippen MR) is 82.7 cm³/mol. The average Bonchev–Trinajstić information content (AvgIpc) is 2.36. The molecule has 0 heterocycles. The molecule has 0 saturated heterocycles. The van der Waals surface area contributed by atoms with Gasteiger partial charge in [0.2, 0.25) is 0 Å². The fraction of sp³-hybridized carbons (Fsp3) is 0.647. The van der Waals surface area contributed by atoms with Gasteiger partial charge in [0.15, 0.2) is 0 Å². The predicted octanol–water partition coefficient (Wildman–Crippen LogP) is 4.56. The van der Waals surface area contributed by atoms with Crippen molar-refractivity contribution >= 4 is 0 Å². The molecular weight excluding hydrogens is 234 g/mol. The van der Waals surface area contributed by atoms with Crippen molar-refractivity contribution in [1.29, 1.82) is 0 Å². The Morgan fingerprint density at radius 3 is 2.21 bits per heavy atom. The molecule has 0 radical (unpaired) electrons. The Balaban J connectivity index is 2.46. The van der Waals surface area contributed by atoms with Gasteiger partial charge in [-0.3, -0.25) is 0 Å². The number of nitrogens with one attached hydrogen (secondary N) is 1. The van der Waals surface area contributed by atoms with Crippen LogP contribution in [-0.4, -0.2) is 12.6 Å². The van der Waals surface area contributed by atoms with Crippen molar-refractivity contribution in [3.05, 3.63) is 29.8 Å². The number of hydrogen-bond donors (Lipinski definition) is 1. The van der Waals surface area contributed by atoms with E-state index in [4.69, 9.17) is 4.74 Å². The lowest BCUT2D eigenvalue weighted by atomic mass is 10.0. The molecule has 1 aromatic rings. The second kappa shape index (κ2) is 8.21. The maximum Gasteiger partial charge on any atom is 0.119 e. The SMILES string of the molecule is CCCC(C)CNC(C)c1ccc(OC(C)C)cc1. The van der Waals surface area contributed by atoms with E-state index in [0.29, 0.717) is 6.04 Å². The van der Waals surface area contributed by atoms with Gasteiger partial charge in [0, 0.05) is 6.04 Å². The molecule has 0 saturated carbocycles. The van der Waals surface area contributed by atoms with Crippen LogP contribution < -0.4 is 10.1 Å². The molecule has 0 aliphatic carbocycles. The fourth-order valence-electron chi connectivity index (χ4n) is 2.20. The molecule has 108 valence electrons. The first kappa shape index (κ1) is 16.0. The summed E-state index contributed by atoms with van der Waals surface area (Å²) in [5.74, 6) is 1.70. The van der Waals surface area contributed by atoms with Crippen LogP contribution in [0.3, 0.4) is 0 Å². The van der Waals surface area contributed by atoms with Gasteiger partial charge in [0.05, 0.1) is 6.10 Å². The molecule has 19 heavy (non-hydrogen) atoms. The first-order valence-electron chi connectivity index (χ1n) is 7.53. The first-order valence-corrected chi connectivity index (χ1v) is 7.53. The third-order valence-electron chi connectivity index (χ3n) is 3.31. The summed E-state index contributed by atoms with van der Waals surface area (Å²) in [7, 11) is 0. The lowest BCUT2D eigenvalue weighted by Gasteiger charge is -2.18. The molecule has 1 aromatic carbocycles. The Kier molecular flexibility index (Phi) is 6.93. The standard InChI is InChI=1S/C17H29NO/c1-6-7-14(4)12-18-15(5)16-8-10-17(11-9-16)19-13(2)3/h8-11,13-15,18H,6-7,12H2,1-5H3. The third kappa shape index (κ3) is 6.11. The van der Waals surface area contributed by atoms with E-state index in [1.807, 2.05) is 13.8 Å².